The lowest BCUT2D eigenvalue weighted by atomic mass is 9.44. The summed E-state index contributed by atoms with van der Waals surface area (Å²) >= 11 is 0. The zero-order valence-electron chi connectivity index (χ0n) is 16.9. The van der Waals surface area contributed by atoms with Gasteiger partial charge in [0, 0.05) is 11.8 Å². The third-order valence-corrected chi connectivity index (χ3v) is 9.23. The molecule has 5 nitrogen and oxygen atoms in total. The highest BCUT2D eigenvalue weighted by molar-refractivity contribution is 5.92. The van der Waals surface area contributed by atoms with Crippen molar-refractivity contribution >= 4 is 11.6 Å². The topological polar surface area (TPSA) is 94.8 Å². The molecule has 0 aromatic rings. The predicted molar refractivity (Wildman–Crippen MR) is 100 cm³/mol. The minimum Gasteiger partial charge on any atom is -0.389 e. The molecule has 3 N–H and O–H groups in total. The highest BCUT2D eigenvalue weighted by Crippen LogP contribution is 2.70. The molecule has 3 saturated carbocycles. The number of carbonyl (C=O) groups is 2. The maximum absolute atomic E-state index is 15.3. The minimum atomic E-state index is -1.83. The van der Waals surface area contributed by atoms with Crippen molar-refractivity contribution in [1.82, 2.24) is 0 Å². The maximum Gasteiger partial charge on any atom is 0.190 e. The van der Waals surface area contributed by atoms with Crippen LogP contribution in [0.25, 0.3) is 0 Å². The number of Topliss-reactive ketones (excluding diaryl/α,β-unsaturated/α-hetero) is 1. The highest BCUT2D eigenvalue weighted by atomic mass is 19.1. The highest BCUT2D eigenvalue weighted by Gasteiger charge is 2.75. The first-order chi connectivity index (χ1) is 13.0. The molecule has 0 amide bonds. The summed E-state index contributed by atoms with van der Waals surface area (Å²) in [5.41, 5.74) is -4.28. The number of aliphatic hydroxyl groups is 3. The number of allylic oxidation sites excluding steroid dienone is 1. The van der Waals surface area contributed by atoms with E-state index in [-0.39, 0.29) is 24.5 Å². The molecule has 156 valence electrons. The number of fused-ring (bicyclic) bond motifs is 5. The van der Waals surface area contributed by atoms with Gasteiger partial charge in [-0.1, -0.05) is 20.8 Å². The minimum absolute atomic E-state index is 0.00398. The van der Waals surface area contributed by atoms with Crippen LogP contribution in [0.1, 0.15) is 59.3 Å². The van der Waals surface area contributed by atoms with E-state index in [0.717, 1.165) is 0 Å². The second-order valence-electron chi connectivity index (χ2n) is 10.1. The monoisotopic (exact) mass is 394 g/mol. The first-order valence-electron chi connectivity index (χ1n) is 10.4. The summed E-state index contributed by atoms with van der Waals surface area (Å²) in [6, 6.07) is 0. The van der Waals surface area contributed by atoms with Crippen molar-refractivity contribution in [3.05, 3.63) is 11.6 Å². The summed E-state index contributed by atoms with van der Waals surface area (Å²) in [5.74, 6) is -1.64. The molecule has 8 atom stereocenters. The van der Waals surface area contributed by atoms with Crippen molar-refractivity contribution in [3.8, 4) is 0 Å². The fourth-order valence-electron chi connectivity index (χ4n) is 7.62. The van der Waals surface area contributed by atoms with Gasteiger partial charge in [-0.25, -0.2) is 4.39 Å². The summed E-state index contributed by atoms with van der Waals surface area (Å²) in [5, 5.41) is 32.8. The van der Waals surface area contributed by atoms with Crippen molar-refractivity contribution < 1.29 is 29.3 Å². The Bertz CT molecular complexity index is 764. The summed E-state index contributed by atoms with van der Waals surface area (Å²) in [4.78, 5) is 24.5. The first kappa shape index (κ1) is 20.2. The van der Waals surface area contributed by atoms with E-state index in [1.54, 1.807) is 13.8 Å². The van der Waals surface area contributed by atoms with Crippen LogP contribution in [0.3, 0.4) is 0 Å². The Morgan fingerprint density at radius 3 is 2.57 bits per heavy atom. The van der Waals surface area contributed by atoms with Crippen LogP contribution in [-0.4, -0.2) is 50.9 Å². The van der Waals surface area contributed by atoms with Gasteiger partial charge >= 0.3 is 0 Å². The molecule has 0 spiro atoms. The predicted octanol–water partition coefficient (Wildman–Crippen LogP) is 2.12. The van der Waals surface area contributed by atoms with E-state index in [2.05, 4.69) is 0 Å². The first-order valence-corrected chi connectivity index (χ1v) is 10.4. The average molecular weight is 394 g/mol. The van der Waals surface area contributed by atoms with Gasteiger partial charge in [0.05, 0.1) is 5.60 Å². The van der Waals surface area contributed by atoms with Crippen LogP contribution in [0, 0.1) is 28.6 Å². The molecule has 4 rings (SSSR count). The molecule has 28 heavy (non-hydrogen) atoms. The van der Waals surface area contributed by atoms with Crippen LogP contribution in [0.15, 0.2) is 11.6 Å². The molecule has 3 fully saturated rings. The second kappa shape index (κ2) is 5.96. The summed E-state index contributed by atoms with van der Waals surface area (Å²) < 4.78 is 15.3. The Morgan fingerprint density at radius 1 is 1.25 bits per heavy atom. The van der Waals surface area contributed by atoms with Gasteiger partial charge < -0.3 is 15.3 Å². The third kappa shape index (κ3) is 2.12. The van der Waals surface area contributed by atoms with E-state index in [1.165, 1.54) is 6.08 Å². The largest absolute Gasteiger partial charge is 0.389 e. The maximum atomic E-state index is 15.3. The smallest absolute Gasteiger partial charge is 0.190 e. The molecule has 0 bridgehead atoms. The van der Waals surface area contributed by atoms with Gasteiger partial charge in [0.15, 0.2) is 11.6 Å². The second-order valence-corrected chi connectivity index (χ2v) is 10.1. The van der Waals surface area contributed by atoms with Crippen LogP contribution in [0.5, 0.6) is 0 Å². The zero-order valence-corrected chi connectivity index (χ0v) is 16.9. The number of halogens is 1. The number of hydrogen-bond acceptors (Lipinski definition) is 5. The Morgan fingerprint density at radius 2 is 1.93 bits per heavy atom. The molecular formula is C22H31FO5. The Balaban J connectivity index is 1.81. The SMILES string of the molecule is C[C@@H]1C[C@@]2(O)[C@@H]3C[C@H](F)C4=CC(=O)CC[C@]4(C)[C@H]3CC[C@]2(C)[C@]1(O)C(=O)CO. The molecule has 0 aliphatic heterocycles. The van der Waals surface area contributed by atoms with Crippen LogP contribution < -0.4 is 0 Å². The quantitative estimate of drug-likeness (QED) is 0.667. The molecule has 0 radical (unpaired) electrons. The van der Waals surface area contributed by atoms with E-state index >= 15 is 4.39 Å². The van der Waals surface area contributed by atoms with Gasteiger partial charge in [-0.15, -0.1) is 0 Å². The number of alkyl halides is 1. The summed E-state index contributed by atoms with van der Waals surface area (Å²) in [6.45, 7) is 4.68. The molecule has 0 heterocycles. The standard InChI is InChI=1S/C22H31FO5/c1-12-10-21(27)15-9-17(23)16-8-13(25)4-6-19(16,2)14(15)5-7-20(21,3)22(12,28)18(26)11-24/h8,12,14-15,17,24,27-28H,4-7,9-11H2,1-3H3/t12-,14+,15-,17+,19-,20+,21-,22-/m1/s1. The normalized spacial score (nSPS) is 53.1. The molecule has 0 aromatic heterocycles. The molecular weight excluding hydrogens is 363 g/mol. The lowest BCUT2D eigenvalue weighted by Gasteiger charge is -2.62. The number of carbonyl (C=O) groups excluding carboxylic acids is 2. The fourth-order valence-corrected chi connectivity index (χ4v) is 7.62. The summed E-state index contributed by atoms with van der Waals surface area (Å²) in [7, 11) is 0. The zero-order chi connectivity index (χ0) is 20.7. The lowest BCUT2D eigenvalue weighted by Crippen LogP contribution is -2.67. The van der Waals surface area contributed by atoms with E-state index in [4.69, 9.17) is 0 Å². The average Bonchev–Trinajstić information content (AvgIpc) is 2.81. The van der Waals surface area contributed by atoms with Crippen molar-refractivity contribution in [1.29, 1.82) is 0 Å². The number of aliphatic hydroxyl groups excluding tert-OH is 1. The fraction of sp³-hybridized carbons (Fsp3) is 0.818. The van der Waals surface area contributed by atoms with E-state index in [9.17, 15) is 24.9 Å². The van der Waals surface area contributed by atoms with E-state index < -0.39 is 52.4 Å². The van der Waals surface area contributed by atoms with E-state index in [0.29, 0.717) is 31.3 Å². The number of ketones is 2. The van der Waals surface area contributed by atoms with Crippen LogP contribution in [0.4, 0.5) is 4.39 Å². The van der Waals surface area contributed by atoms with Crippen molar-refractivity contribution in [2.24, 2.45) is 28.6 Å². The molecule has 4 aliphatic carbocycles. The molecule has 6 heteroatoms. The van der Waals surface area contributed by atoms with Crippen LogP contribution >= 0.6 is 0 Å². The van der Waals surface area contributed by atoms with Crippen molar-refractivity contribution in [3.63, 3.8) is 0 Å². The molecule has 0 saturated heterocycles. The van der Waals surface area contributed by atoms with Gasteiger partial charge in [-0.2, -0.15) is 0 Å². The van der Waals surface area contributed by atoms with Crippen molar-refractivity contribution in [2.75, 3.05) is 6.61 Å². The molecule has 0 aromatic carbocycles. The number of rotatable bonds is 2. The third-order valence-electron chi connectivity index (χ3n) is 9.23. The Kier molecular flexibility index (Phi) is 4.29. The van der Waals surface area contributed by atoms with Crippen LogP contribution in [-0.2, 0) is 9.59 Å². The lowest BCUT2D eigenvalue weighted by molar-refractivity contribution is -0.222. The number of hydrogen-bond donors (Lipinski definition) is 3. The van der Waals surface area contributed by atoms with Gasteiger partial charge in [-0.3, -0.25) is 9.59 Å². The van der Waals surface area contributed by atoms with Crippen LogP contribution in [0.2, 0.25) is 0 Å². The molecule has 4 aliphatic rings. The van der Waals surface area contributed by atoms with Gasteiger partial charge in [0.25, 0.3) is 0 Å². The van der Waals surface area contributed by atoms with Gasteiger partial charge in [0.2, 0.25) is 0 Å². The molecule has 0 unspecified atom stereocenters. The Labute approximate surface area is 165 Å². The van der Waals surface area contributed by atoms with Crippen molar-refractivity contribution in [2.45, 2.75) is 76.7 Å². The van der Waals surface area contributed by atoms with Gasteiger partial charge in [-0.05, 0) is 66.9 Å². The summed E-state index contributed by atoms with van der Waals surface area (Å²) in [6.07, 6.45) is 2.49. The Hall–Kier alpha value is -1.11. The van der Waals surface area contributed by atoms with Gasteiger partial charge in [0.1, 0.15) is 18.4 Å². The van der Waals surface area contributed by atoms with E-state index in [1.807, 2.05) is 6.92 Å².